The highest BCUT2D eigenvalue weighted by molar-refractivity contribution is 7.68. The van der Waals surface area contributed by atoms with Gasteiger partial charge in [-0.2, -0.15) is 0 Å². The summed E-state index contributed by atoms with van der Waals surface area (Å²) in [4.78, 5) is 0. The van der Waals surface area contributed by atoms with E-state index in [1.54, 1.807) is 0 Å². The van der Waals surface area contributed by atoms with E-state index < -0.39 is 24.3 Å². The lowest BCUT2D eigenvalue weighted by molar-refractivity contribution is 0.833. The van der Waals surface area contributed by atoms with Crippen LogP contribution in [0.15, 0.2) is 48.5 Å². The maximum absolute atomic E-state index is 17.0. The van der Waals surface area contributed by atoms with Gasteiger partial charge < -0.3 is 4.11 Å². The van der Waals surface area contributed by atoms with Gasteiger partial charge in [0.2, 0.25) is 0 Å². The molecule has 2 aromatic carbocycles. The lowest BCUT2D eigenvalue weighted by Gasteiger charge is -2.34. The van der Waals surface area contributed by atoms with Crippen LogP contribution in [-0.2, 0) is 0 Å². The number of hydrogen-bond acceptors (Lipinski definition) is 0. The average molecular weight is 449 g/mol. The minimum absolute atomic E-state index is 0.399. The van der Waals surface area contributed by atoms with Crippen molar-refractivity contribution >= 4 is 45.2 Å². The smallest absolute Gasteiger partial charge is 0.302 e. The Balaban J connectivity index is 2.70. The van der Waals surface area contributed by atoms with E-state index in [9.17, 15) is 0 Å². The van der Waals surface area contributed by atoms with Crippen LogP contribution in [0, 0.1) is 0 Å². The Morgan fingerprint density at radius 3 is 1.14 bits per heavy atom. The topological polar surface area (TPSA) is 0 Å². The van der Waals surface area contributed by atoms with Gasteiger partial charge in [-0.1, -0.05) is 120 Å². The van der Waals surface area contributed by atoms with Crippen molar-refractivity contribution in [2.45, 2.75) is 84.6 Å². The molecule has 2 rings (SSSR count). The molecule has 0 aliphatic rings. The van der Waals surface area contributed by atoms with Crippen molar-refractivity contribution < 1.29 is 4.11 Å². The Morgan fingerprint density at radius 1 is 0.586 bits per heavy atom. The zero-order valence-corrected chi connectivity index (χ0v) is 22.5. The van der Waals surface area contributed by atoms with Crippen molar-refractivity contribution in [3.8, 4) is 0 Å². The second kappa shape index (κ2) is 10.2. The Bertz CT molecular complexity index is 717. The summed E-state index contributed by atoms with van der Waals surface area (Å²) in [6.07, 6.45) is 0. The molecule has 0 heterocycles. The molecule has 0 aliphatic heterocycles. The molecule has 0 N–H and O–H groups in total. The molecule has 0 radical (unpaired) electrons. The van der Waals surface area contributed by atoms with Gasteiger partial charge in [-0.05, 0) is 50.2 Å². The number of halogens is 1. The van der Waals surface area contributed by atoms with Gasteiger partial charge in [-0.15, -0.1) is 0 Å². The molecule has 0 nitrogen and oxygen atoms in total. The second-order valence-electron chi connectivity index (χ2n) is 9.23. The van der Waals surface area contributed by atoms with Crippen LogP contribution in [0.4, 0.5) is 4.11 Å². The van der Waals surface area contributed by atoms with Crippen LogP contribution >= 0.6 is 15.8 Å². The summed E-state index contributed by atoms with van der Waals surface area (Å²) in [5, 5.41) is 4.58. The zero-order valence-electron chi connectivity index (χ0n) is 19.7. The Kier molecular flexibility index (Phi) is 8.67. The molecule has 0 amide bonds. The first-order chi connectivity index (χ1) is 13.5. The summed E-state index contributed by atoms with van der Waals surface area (Å²) in [7, 11) is -4.12. The largest absolute Gasteiger partial charge is 0.306 e. The molecule has 29 heavy (non-hydrogen) atoms. The molecular formula is C25H39FP2Si. The van der Waals surface area contributed by atoms with Crippen LogP contribution in [0.2, 0.25) is 6.55 Å². The summed E-state index contributed by atoms with van der Waals surface area (Å²) in [6.45, 7) is 20.3. The molecule has 160 valence electrons. The van der Waals surface area contributed by atoms with Crippen molar-refractivity contribution in [1.29, 1.82) is 0 Å². The van der Waals surface area contributed by atoms with Crippen molar-refractivity contribution in [3.63, 3.8) is 0 Å². The minimum Gasteiger partial charge on any atom is -0.302 e. The van der Waals surface area contributed by atoms with E-state index >= 15 is 4.11 Å². The summed E-state index contributed by atoms with van der Waals surface area (Å²) >= 11 is 0. The fourth-order valence-electron chi connectivity index (χ4n) is 4.64. The molecule has 0 saturated heterocycles. The molecule has 0 spiro atoms. The molecule has 0 unspecified atom stereocenters. The summed E-state index contributed by atoms with van der Waals surface area (Å²) < 4.78 is 17.0. The summed E-state index contributed by atoms with van der Waals surface area (Å²) in [6, 6.07) is 16.9. The third-order valence-corrected chi connectivity index (χ3v) is 15.3. The molecule has 0 saturated carbocycles. The third kappa shape index (κ3) is 5.39. The predicted octanol–water partition coefficient (Wildman–Crippen LogP) is 6.19. The Labute approximate surface area is 182 Å². The highest BCUT2D eigenvalue weighted by Gasteiger charge is 2.40. The quantitative estimate of drug-likeness (QED) is 0.256. The zero-order chi connectivity index (χ0) is 21.9. The van der Waals surface area contributed by atoms with Crippen molar-refractivity contribution in [2.24, 2.45) is 0 Å². The van der Waals surface area contributed by atoms with Crippen molar-refractivity contribution in [1.82, 2.24) is 0 Å². The van der Waals surface area contributed by atoms with E-state index in [-0.39, 0.29) is 0 Å². The number of rotatable bonds is 8. The van der Waals surface area contributed by atoms with Crippen LogP contribution in [-0.4, -0.2) is 31.0 Å². The maximum Gasteiger partial charge on any atom is 0.306 e. The van der Waals surface area contributed by atoms with Crippen LogP contribution in [0.1, 0.15) is 55.4 Å². The van der Waals surface area contributed by atoms with Crippen molar-refractivity contribution in [3.05, 3.63) is 48.5 Å². The second-order valence-corrected chi connectivity index (χ2v) is 19.0. The van der Waals surface area contributed by atoms with Crippen LogP contribution in [0.25, 0.3) is 0 Å². The minimum atomic E-state index is -3.32. The molecule has 2 aromatic rings. The SMILES string of the molecule is CC(C)P(c1ccccc1[Si](C)(F)c1ccccc1P(C(C)C)C(C)C)C(C)C. The van der Waals surface area contributed by atoms with E-state index in [4.69, 9.17) is 0 Å². The van der Waals surface area contributed by atoms with Gasteiger partial charge in [-0.25, -0.2) is 0 Å². The fourth-order valence-corrected chi connectivity index (χ4v) is 14.7. The molecule has 4 heteroatoms. The van der Waals surface area contributed by atoms with Gasteiger partial charge in [-0.3, -0.25) is 0 Å². The van der Waals surface area contributed by atoms with Gasteiger partial charge in [0.1, 0.15) is 0 Å². The van der Waals surface area contributed by atoms with Gasteiger partial charge in [0.25, 0.3) is 0 Å². The monoisotopic (exact) mass is 448 g/mol. The first kappa shape index (κ1) is 24.7. The van der Waals surface area contributed by atoms with E-state index in [1.807, 2.05) is 18.7 Å². The molecule has 0 fully saturated rings. The van der Waals surface area contributed by atoms with Gasteiger partial charge in [0, 0.05) is 0 Å². The maximum atomic E-state index is 17.0. The van der Waals surface area contributed by atoms with E-state index in [0.717, 1.165) is 10.4 Å². The molecule has 0 aromatic heterocycles. The lowest BCUT2D eigenvalue weighted by atomic mass is 10.3. The van der Waals surface area contributed by atoms with E-state index in [0.29, 0.717) is 22.6 Å². The van der Waals surface area contributed by atoms with Crippen LogP contribution < -0.4 is 21.0 Å². The van der Waals surface area contributed by atoms with Gasteiger partial charge in [0.15, 0.2) is 0 Å². The molecule has 0 bridgehead atoms. The number of benzene rings is 2. The van der Waals surface area contributed by atoms with Gasteiger partial charge in [0.05, 0.1) is 0 Å². The Morgan fingerprint density at radius 2 is 0.862 bits per heavy atom. The normalized spacial score (nSPS) is 13.0. The van der Waals surface area contributed by atoms with E-state index in [2.05, 4.69) is 91.8 Å². The van der Waals surface area contributed by atoms with Crippen LogP contribution in [0.5, 0.6) is 0 Å². The molecule has 0 aliphatic carbocycles. The van der Waals surface area contributed by atoms with Gasteiger partial charge >= 0.3 is 8.41 Å². The van der Waals surface area contributed by atoms with E-state index in [1.165, 1.54) is 10.6 Å². The highest BCUT2D eigenvalue weighted by Crippen LogP contribution is 2.46. The molecular weight excluding hydrogens is 409 g/mol. The predicted molar refractivity (Wildman–Crippen MR) is 139 cm³/mol. The summed E-state index contributed by atoms with van der Waals surface area (Å²) in [5.74, 6) is 0. The lowest BCUT2D eigenvalue weighted by Crippen LogP contribution is -2.61. The standard InChI is InChI=1S/C25H39FP2Si/c1-18(2)27(19(3)4)22-14-10-12-16-24(22)29(9,26)25-17-13-11-15-23(25)28(20(5)6)21(7)8/h10-21H,1-9H3. The Hall–Kier alpha value is -0.553. The highest BCUT2D eigenvalue weighted by atomic mass is 31.1. The fraction of sp³-hybridized carbons (Fsp3) is 0.520. The average Bonchev–Trinajstić information content (AvgIpc) is 2.61. The third-order valence-electron chi connectivity index (χ3n) is 5.60. The molecule has 0 atom stereocenters. The first-order valence-electron chi connectivity index (χ1n) is 10.9. The number of hydrogen-bond donors (Lipinski definition) is 0. The summed E-state index contributed by atoms with van der Waals surface area (Å²) in [5.41, 5.74) is 2.20. The van der Waals surface area contributed by atoms with Crippen molar-refractivity contribution in [2.75, 3.05) is 0 Å². The van der Waals surface area contributed by atoms with Crippen LogP contribution in [0.3, 0.4) is 0 Å². The first-order valence-corrected chi connectivity index (χ1v) is 16.3.